The number of allylic oxidation sites excluding steroid dienone is 1. The van der Waals surface area contributed by atoms with Gasteiger partial charge in [-0.1, -0.05) is 57.9 Å². The number of carbonyl (C=O) groups is 2. The average Bonchev–Trinajstić information content (AvgIpc) is 2.99. The molecule has 0 heterocycles. The molecule has 5 atom stereocenters. The van der Waals surface area contributed by atoms with Gasteiger partial charge in [0.1, 0.15) is 5.78 Å². The Bertz CT molecular complexity index is 617. The Hall–Kier alpha value is -0.920. The zero-order valence-electron chi connectivity index (χ0n) is 17.5. The van der Waals surface area contributed by atoms with Gasteiger partial charge in [-0.25, -0.2) is 0 Å². The van der Waals surface area contributed by atoms with E-state index < -0.39 is 0 Å². The first-order chi connectivity index (χ1) is 12.9. The van der Waals surface area contributed by atoms with E-state index in [1.165, 1.54) is 56.9 Å². The molecule has 5 aliphatic carbocycles. The van der Waals surface area contributed by atoms with Crippen molar-refractivity contribution in [1.82, 2.24) is 0 Å². The lowest BCUT2D eigenvalue weighted by Gasteiger charge is -2.56. The van der Waals surface area contributed by atoms with Gasteiger partial charge in [0.25, 0.3) is 0 Å². The molecule has 4 fully saturated rings. The van der Waals surface area contributed by atoms with Crippen LogP contribution in [0.5, 0.6) is 0 Å². The molecule has 0 saturated heterocycles. The Morgan fingerprint density at radius 1 is 0.741 bits per heavy atom. The first-order valence-corrected chi connectivity index (χ1v) is 11.7. The Kier molecular flexibility index (Phi) is 5.38. The smallest absolute Gasteiger partial charge is 0.155 e. The predicted octanol–water partition coefficient (Wildman–Crippen LogP) is 6.43. The van der Waals surface area contributed by atoms with Gasteiger partial charge in [-0.3, -0.25) is 9.59 Å². The van der Waals surface area contributed by atoms with E-state index in [1.807, 2.05) is 6.08 Å². The van der Waals surface area contributed by atoms with E-state index in [4.69, 9.17) is 0 Å². The minimum atomic E-state index is -0.0246. The molecule has 2 nitrogen and oxygen atoms in total. The largest absolute Gasteiger partial charge is 0.299 e. The Morgan fingerprint density at radius 2 is 1.37 bits per heavy atom. The lowest BCUT2D eigenvalue weighted by atomic mass is 9.47. The van der Waals surface area contributed by atoms with Crippen LogP contribution in [0.3, 0.4) is 0 Å². The third kappa shape index (κ3) is 3.36. The third-order valence-corrected chi connectivity index (χ3v) is 9.17. The van der Waals surface area contributed by atoms with Gasteiger partial charge in [0.2, 0.25) is 0 Å². The van der Waals surface area contributed by atoms with E-state index in [9.17, 15) is 9.59 Å². The van der Waals surface area contributed by atoms with Crippen molar-refractivity contribution in [3.8, 4) is 0 Å². The van der Waals surface area contributed by atoms with Gasteiger partial charge < -0.3 is 0 Å². The summed E-state index contributed by atoms with van der Waals surface area (Å²) in [6, 6.07) is 0. The number of ketones is 2. The molecule has 0 N–H and O–H groups in total. The molecule has 0 unspecified atom stereocenters. The summed E-state index contributed by atoms with van der Waals surface area (Å²) in [4.78, 5) is 24.1. The average molecular weight is 371 g/mol. The fourth-order valence-corrected chi connectivity index (χ4v) is 7.39. The van der Waals surface area contributed by atoms with E-state index in [0.29, 0.717) is 29.3 Å². The molecule has 2 heteroatoms. The molecule has 5 aliphatic rings. The van der Waals surface area contributed by atoms with Crippen LogP contribution < -0.4 is 0 Å². The molecule has 150 valence electrons. The zero-order chi connectivity index (χ0) is 19.1. The highest BCUT2D eigenvalue weighted by atomic mass is 16.1. The summed E-state index contributed by atoms with van der Waals surface area (Å²) in [7, 11) is 0. The van der Waals surface area contributed by atoms with Gasteiger partial charge in [-0.05, 0) is 67.8 Å². The van der Waals surface area contributed by atoms with Crippen molar-refractivity contribution in [2.24, 2.45) is 28.6 Å². The predicted molar refractivity (Wildman–Crippen MR) is 109 cm³/mol. The fourth-order valence-electron chi connectivity index (χ4n) is 7.39. The molecule has 5 rings (SSSR count). The maximum atomic E-state index is 12.4. The lowest BCUT2D eigenvalue weighted by Crippen LogP contribution is -2.50. The second-order valence-electron chi connectivity index (χ2n) is 10.5. The number of hydrogen-bond acceptors (Lipinski definition) is 2. The van der Waals surface area contributed by atoms with Crippen LogP contribution in [0, 0.1) is 28.6 Å². The number of Topliss-reactive ketones (excluding diaryl/α,β-unsaturated/α-hetero) is 1. The molecule has 0 bridgehead atoms. The summed E-state index contributed by atoms with van der Waals surface area (Å²) < 4.78 is 0. The van der Waals surface area contributed by atoms with Crippen molar-refractivity contribution < 1.29 is 9.59 Å². The highest BCUT2D eigenvalue weighted by Gasteiger charge is 2.58. The monoisotopic (exact) mass is 370 g/mol. The van der Waals surface area contributed by atoms with Crippen molar-refractivity contribution in [3.63, 3.8) is 0 Å². The quantitative estimate of drug-likeness (QED) is 0.492. The van der Waals surface area contributed by atoms with E-state index in [2.05, 4.69) is 13.8 Å². The molecule has 27 heavy (non-hydrogen) atoms. The summed E-state index contributed by atoms with van der Waals surface area (Å²) in [6.45, 7) is 4.64. The van der Waals surface area contributed by atoms with Crippen molar-refractivity contribution in [1.29, 1.82) is 0 Å². The highest BCUT2D eigenvalue weighted by Crippen LogP contribution is 2.64. The molecule has 0 amide bonds. The van der Waals surface area contributed by atoms with Crippen molar-refractivity contribution in [2.45, 2.75) is 104 Å². The normalized spacial score (nSPS) is 43.6. The minimum absolute atomic E-state index is 0.0246. The van der Waals surface area contributed by atoms with Crippen LogP contribution in [-0.2, 0) is 9.59 Å². The summed E-state index contributed by atoms with van der Waals surface area (Å²) in [5, 5.41) is 0. The Labute approximate surface area is 165 Å². The maximum Gasteiger partial charge on any atom is 0.155 e. The number of carbonyl (C=O) groups excluding carboxylic acids is 2. The summed E-state index contributed by atoms with van der Waals surface area (Å²) in [5.74, 6) is 2.88. The van der Waals surface area contributed by atoms with Crippen molar-refractivity contribution >= 4 is 11.6 Å². The van der Waals surface area contributed by atoms with Gasteiger partial charge in [0.05, 0.1) is 0 Å². The van der Waals surface area contributed by atoms with Crippen molar-refractivity contribution in [2.75, 3.05) is 0 Å². The third-order valence-electron chi connectivity index (χ3n) is 9.17. The second kappa shape index (κ2) is 7.48. The summed E-state index contributed by atoms with van der Waals surface area (Å²) >= 11 is 0. The molecule has 0 aromatic carbocycles. The van der Waals surface area contributed by atoms with Crippen LogP contribution in [0.4, 0.5) is 0 Å². The number of hydrogen-bond donors (Lipinski definition) is 0. The molecule has 0 aromatic heterocycles. The molecule has 4 saturated carbocycles. The highest BCUT2D eigenvalue weighted by molar-refractivity contribution is 5.91. The van der Waals surface area contributed by atoms with Gasteiger partial charge in [0.15, 0.2) is 5.78 Å². The van der Waals surface area contributed by atoms with Crippen LogP contribution >= 0.6 is 0 Å². The molecular formula is C25H38O2. The second-order valence-corrected chi connectivity index (χ2v) is 10.5. The van der Waals surface area contributed by atoms with Crippen LogP contribution in [-0.4, -0.2) is 11.6 Å². The number of fused-ring (bicyclic) bond motifs is 5. The zero-order valence-corrected chi connectivity index (χ0v) is 17.5. The van der Waals surface area contributed by atoms with Gasteiger partial charge in [0, 0.05) is 18.3 Å². The van der Waals surface area contributed by atoms with Crippen LogP contribution in [0.1, 0.15) is 104 Å². The van der Waals surface area contributed by atoms with Gasteiger partial charge in [-0.2, -0.15) is 0 Å². The van der Waals surface area contributed by atoms with E-state index in [0.717, 1.165) is 38.5 Å². The van der Waals surface area contributed by atoms with Crippen LogP contribution in [0.15, 0.2) is 11.6 Å². The van der Waals surface area contributed by atoms with Crippen molar-refractivity contribution in [3.05, 3.63) is 11.6 Å². The minimum Gasteiger partial charge on any atom is -0.299 e. The Morgan fingerprint density at radius 3 is 2.04 bits per heavy atom. The van der Waals surface area contributed by atoms with Crippen LogP contribution in [0.2, 0.25) is 0 Å². The summed E-state index contributed by atoms with van der Waals surface area (Å²) in [6.07, 6.45) is 19.2. The number of rotatable bonds is 0. The molecule has 0 aromatic rings. The SMILES string of the molecule is C1CCCCC1.C[C@]12CCC(=O)C=C1CC[C@@H]1[C@@H]2CC[C@]2(C)C(=O)CC[C@@H]12. The molecular weight excluding hydrogens is 332 g/mol. The first kappa shape index (κ1) is 19.4. The molecule has 0 radical (unpaired) electrons. The van der Waals surface area contributed by atoms with E-state index in [-0.39, 0.29) is 10.8 Å². The fraction of sp³-hybridized carbons (Fsp3) is 0.840. The molecule has 0 aliphatic heterocycles. The Balaban J connectivity index is 0.000000257. The maximum absolute atomic E-state index is 12.4. The first-order valence-electron chi connectivity index (χ1n) is 11.7. The van der Waals surface area contributed by atoms with Gasteiger partial charge >= 0.3 is 0 Å². The van der Waals surface area contributed by atoms with Crippen LogP contribution in [0.25, 0.3) is 0 Å². The molecule has 0 spiro atoms. The standard InChI is InChI=1S/C19H26O2.C6H12/c1-18-9-7-13(20)11-12(18)3-4-14-15-5-6-17(21)19(15,2)10-8-16(14)18;1-2-4-6-5-3-1/h11,14-16H,3-10H2,1-2H3;1-6H2/t14-,15-,16-,18-,19-;/m0./s1. The van der Waals surface area contributed by atoms with E-state index >= 15 is 0 Å². The topological polar surface area (TPSA) is 34.1 Å². The lowest BCUT2D eigenvalue weighted by molar-refractivity contribution is -0.132. The summed E-state index contributed by atoms with van der Waals surface area (Å²) in [5.41, 5.74) is 1.64. The van der Waals surface area contributed by atoms with E-state index in [1.54, 1.807) is 0 Å². The van der Waals surface area contributed by atoms with Gasteiger partial charge in [-0.15, -0.1) is 0 Å².